The quantitative estimate of drug-likeness (QED) is 0.519. The minimum atomic E-state index is -1.52. The van der Waals surface area contributed by atoms with E-state index >= 15 is 0 Å². The first-order chi connectivity index (χ1) is 20.0. The van der Waals surface area contributed by atoms with Gasteiger partial charge in [-0.2, -0.15) is 0 Å². The van der Waals surface area contributed by atoms with Crippen LogP contribution in [0, 0.1) is 17.8 Å². The SMILES string of the molecule is CC(C)C[C@H]1C(=O)N2CCC[C@@H]2[C@H]2O[C@@](NC(=O)[C@H]3C=C4c5cccc6[nH]c(Br)c(c56)C[C@H]4N(C)C3)(C(C)C)C(=O)N21. The Labute approximate surface area is 255 Å². The molecule has 42 heavy (non-hydrogen) atoms. The van der Waals surface area contributed by atoms with E-state index in [1.54, 1.807) is 4.90 Å². The van der Waals surface area contributed by atoms with E-state index in [-0.39, 0.29) is 41.6 Å². The molecule has 5 aliphatic rings. The van der Waals surface area contributed by atoms with Crippen LogP contribution >= 0.6 is 15.9 Å². The summed E-state index contributed by atoms with van der Waals surface area (Å²) in [4.78, 5) is 51.4. The van der Waals surface area contributed by atoms with E-state index in [2.05, 4.69) is 70.2 Å². The van der Waals surface area contributed by atoms with Crippen molar-refractivity contribution in [2.75, 3.05) is 20.1 Å². The lowest BCUT2D eigenvalue weighted by Crippen LogP contribution is -2.65. The Morgan fingerprint density at radius 3 is 2.76 bits per heavy atom. The first kappa shape index (κ1) is 28.1. The Morgan fingerprint density at radius 2 is 2.02 bits per heavy atom. The molecule has 0 saturated carbocycles. The number of nitrogens with one attached hydrogen (secondary N) is 2. The Morgan fingerprint density at radius 1 is 1.24 bits per heavy atom. The molecule has 9 nitrogen and oxygen atoms in total. The zero-order valence-electron chi connectivity index (χ0n) is 24.9. The predicted molar refractivity (Wildman–Crippen MR) is 163 cm³/mol. The topological polar surface area (TPSA) is 98.0 Å². The fraction of sp³-hybridized carbons (Fsp3) is 0.594. The Balaban J connectivity index is 1.23. The summed E-state index contributed by atoms with van der Waals surface area (Å²) in [7, 11) is 2.07. The Hall–Kier alpha value is -2.69. The molecule has 1 aliphatic carbocycles. The predicted octanol–water partition coefficient (Wildman–Crippen LogP) is 3.87. The molecule has 4 aliphatic heterocycles. The highest BCUT2D eigenvalue weighted by Gasteiger charge is 2.64. The van der Waals surface area contributed by atoms with Crippen LogP contribution in [0.25, 0.3) is 16.5 Å². The van der Waals surface area contributed by atoms with Gasteiger partial charge < -0.3 is 19.9 Å². The number of hydrogen-bond donors (Lipinski definition) is 2. The maximum Gasteiger partial charge on any atom is 0.279 e. The number of amides is 3. The highest BCUT2D eigenvalue weighted by Crippen LogP contribution is 2.45. The van der Waals surface area contributed by atoms with Crippen molar-refractivity contribution in [3.05, 3.63) is 40.0 Å². The molecular weight excluding hydrogens is 598 g/mol. The van der Waals surface area contributed by atoms with Gasteiger partial charge in [-0.05, 0) is 77.3 Å². The Bertz CT molecular complexity index is 1520. The second kappa shape index (κ2) is 9.92. The second-order valence-corrected chi connectivity index (χ2v) is 14.3. The summed E-state index contributed by atoms with van der Waals surface area (Å²) in [6.07, 6.45) is 4.65. The highest BCUT2D eigenvalue weighted by molar-refractivity contribution is 9.10. The van der Waals surface area contributed by atoms with Crippen LogP contribution in [-0.4, -0.2) is 87.6 Å². The summed E-state index contributed by atoms with van der Waals surface area (Å²) in [5.74, 6) is -1.06. The van der Waals surface area contributed by atoms with Crippen LogP contribution in [0.1, 0.15) is 58.1 Å². The van der Waals surface area contributed by atoms with E-state index in [1.807, 2.05) is 24.8 Å². The lowest BCUT2D eigenvalue weighted by molar-refractivity contribution is -0.172. The van der Waals surface area contributed by atoms with Crippen LogP contribution in [0.4, 0.5) is 0 Å². The molecule has 224 valence electrons. The van der Waals surface area contributed by atoms with Gasteiger partial charge in [-0.25, -0.2) is 0 Å². The van der Waals surface area contributed by atoms with Gasteiger partial charge in [0.2, 0.25) is 17.5 Å². The van der Waals surface area contributed by atoms with Crippen molar-refractivity contribution in [2.45, 2.75) is 83.5 Å². The third-order valence-electron chi connectivity index (χ3n) is 10.2. The molecule has 5 heterocycles. The fourth-order valence-corrected chi connectivity index (χ4v) is 8.64. The molecule has 1 aromatic carbocycles. The molecule has 2 aromatic rings. The normalized spacial score (nSPS) is 32.5. The molecule has 2 N–H and O–H groups in total. The number of halogens is 1. The van der Waals surface area contributed by atoms with E-state index in [1.165, 1.54) is 10.9 Å². The number of ether oxygens (including phenoxy) is 1. The summed E-state index contributed by atoms with van der Waals surface area (Å²) < 4.78 is 7.71. The average molecular weight is 639 g/mol. The van der Waals surface area contributed by atoms with E-state index < -0.39 is 23.9 Å². The summed E-state index contributed by atoms with van der Waals surface area (Å²) in [6, 6.07) is 5.67. The maximum atomic E-state index is 14.4. The fourth-order valence-electron chi connectivity index (χ4n) is 8.07. The lowest BCUT2D eigenvalue weighted by atomic mass is 9.79. The van der Waals surface area contributed by atoms with Gasteiger partial charge in [-0.3, -0.25) is 24.2 Å². The van der Waals surface area contributed by atoms with Crippen molar-refractivity contribution in [1.82, 2.24) is 25.0 Å². The van der Waals surface area contributed by atoms with Crippen LogP contribution in [-0.2, 0) is 25.5 Å². The number of hydrogen-bond acceptors (Lipinski definition) is 5. The van der Waals surface area contributed by atoms with Gasteiger partial charge in [0.05, 0.1) is 16.6 Å². The van der Waals surface area contributed by atoms with Gasteiger partial charge >= 0.3 is 0 Å². The van der Waals surface area contributed by atoms with Crippen molar-refractivity contribution in [1.29, 1.82) is 0 Å². The molecule has 0 radical (unpaired) electrons. The zero-order valence-corrected chi connectivity index (χ0v) is 26.5. The van der Waals surface area contributed by atoms with E-state index in [0.717, 1.165) is 40.5 Å². The average Bonchev–Trinajstić information content (AvgIpc) is 3.63. The monoisotopic (exact) mass is 637 g/mol. The molecule has 0 bridgehead atoms. The van der Waals surface area contributed by atoms with Gasteiger partial charge in [0, 0.05) is 36.0 Å². The molecule has 3 fully saturated rings. The molecule has 7 rings (SSSR count). The minimum absolute atomic E-state index is 0.0113. The number of aromatic amines is 1. The number of benzene rings is 1. The number of H-pyrrole nitrogens is 1. The summed E-state index contributed by atoms with van der Waals surface area (Å²) in [5.41, 5.74) is 3.12. The standard InChI is InChI=1S/C32H40BrN5O4/c1-16(2)12-25-29(40)37-11-7-10-23(37)30-38(25)31(41)32(42-30,17(3)4)35-28(39)18-13-20-19-8-6-9-22-26(19)21(27(33)34-22)14-24(20)36(5)15-18/h6,8-9,13,16-18,23-25,30,34H,7,10-12,14-15H2,1-5H3,(H,35,39)/t18-,23+,24+,25-,30+,32-/m0/s1. The highest BCUT2D eigenvalue weighted by atomic mass is 79.9. The number of piperazine rings is 1. The van der Waals surface area contributed by atoms with Gasteiger partial charge in [0.25, 0.3) is 5.91 Å². The molecule has 3 amide bonds. The molecule has 1 aromatic heterocycles. The third-order valence-corrected chi connectivity index (χ3v) is 10.8. The van der Waals surface area contributed by atoms with Crippen LogP contribution in [0.3, 0.4) is 0 Å². The van der Waals surface area contributed by atoms with Gasteiger partial charge in [-0.1, -0.05) is 45.9 Å². The summed E-state index contributed by atoms with van der Waals surface area (Å²) >= 11 is 3.72. The second-order valence-electron chi connectivity index (χ2n) is 13.5. The molecule has 3 saturated heterocycles. The van der Waals surface area contributed by atoms with E-state index in [0.29, 0.717) is 19.5 Å². The van der Waals surface area contributed by atoms with Crippen molar-refractivity contribution >= 4 is 50.1 Å². The van der Waals surface area contributed by atoms with Crippen molar-refractivity contribution in [2.24, 2.45) is 17.8 Å². The number of nitrogens with zero attached hydrogens (tertiary/aromatic N) is 3. The first-order valence-corrected chi connectivity index (χ1v) is 16.2. The van der Waals surface area contributed by atoms with Crippen molar-refractivity contribution < 1.29 is 19.1 Å². The summed E-state index contributed by atoms with van der Waals surface area (Å²) in [6.45, 7) is 9.19. The zero-order chi connectivity index (χ0) is 29.7. The number of aromatic nitrogens is 1. The number of fused-ring (bicyclic) bond motifs is 5. The van der Waals surface area contributed by atoms with Crippen molar-refractivity contribution in [3.8, 4) is 0 Å². The summed E-state index contributed by atoms with van der Waals surface area (Å²) in [5, 5.41) is 4.34. The maximum absolute atomic E-state index is 14.4. The molecule has 6 atom stereocenters. The number of likely N-dealkylation sites (N-methyl/N-ethyl adjacent to an activating group) is 1. The van der Waals surface area contributed by atoms with Crippen molar-refractivity contribution in [3.63, 3.8) is 0 Å². The van der Waals surface area contributed by atoms with Crippen LogP contribution in [0.2, 0.25) is 0 Å². The lowest BCUT2D eigenvalue weighted by Gasteiger charge is -2.44. The smallest absolute Gasteiger partial charge is 0.279 e. The first-order valence-electron chi connectivity index (χ1n) is 15.4. The number of rotatable bonds is 5. The largest absolute Gasteiger partial charge is 0.349 e. The van der Waals surface area contributed by atoms with Gasteiger partial charge in [0.15, 0.2) is 6.23 Å². The minimum Gasteiger partial charge on any atom is -0.349 e. The Kier molecular flexibility index (Phi) is 6.64. The van der Waals surface area contributed by atoms with E-state index in [9.17, 15) is 14.4 Å². The van der Waals surface area contributed by atoms with Gasteiger partial charge in [-0.15, -0.1) is 0 Å². The van der Waals surface area contributed by atoms with Crippen LogP contribution in [0.15, 0.2) is 28.9 Å². The van der Waals surface area contributed by atoms with Crippen LogP contribution in [0.5, 0.6) is 0 Å². The molecule has 0 spiro atoms. The molecular formula is C32H40BrN5O4. The van der Waals surface area contributed by atoms with E-state index in [4.69, 9.17) is 4.74 Å². The van der Waals surface area contributed by atoms with Crippen LogP contribution < -0.4 is 5.32 Å². The number of carbonyl (C=O) groups is 3. The molecule has 0 unspecified atom stereocenters. The third kappa shape index (κ3) is 3.97. The molecule has 10 heteroatoms. The number of carbonyl (C=O) groups excluding carboxylic acids is 3. The van der Waals surface area contributed by atoms with Gasteiger partial charge in [0.1, 0.15) is 6.04 Å².